The number of piperidine rings is 2. The summed E-state index contributed by atoms with van der Waals surface area (Å²) in [5, 5.41) is 3.47. The first kappa shape index (κ1) is 14.3. The lowest BCUT2D eigenvalue weighted by Crippen LogP contribution is -2.52. The number of carbonyl (C=O) groups is 1. The summed E-state index contributed by atoms with van der Waals surface area (Å²) in [6, 6.07) is 0.642. The lowest BCUT2D eigenvalue weighted by atomic mass is 9.75. The minimum absolute atomic E-state index is 0.00633. The summed E-state index contributed by atoms with van der Waals surface area (Å²) in [6.45, 7) is 4.91. The van der Waals surface area contributed by atoms with Crippen LogP contribution in [0, 0.1) is 17.8 Å². The molecule has 0 aromatic heterocycles. The molecule has 2 saturated heterocycles. The summed E-state index contributed by atoms with van der Waals surface area (Å²) in [7, 11) is 1.50. The van der Waals surface area contributed by atoms with E-state index in [-0.39, 0.29) is 11.9 Å². The van der Waals surface area contributed by atoms with Crippen LogP contribution in [0.2, 0.25) is 0 Å². The van der Waals surface area contributed by atoms with E-state index in [0.717, 1.165) is 24.7 Å². The van der Waals surface area contributed by atoms with Crippen molar-refractivity contribution in [3.63, 3.8) is 0 Å². The average Bonchev–Trinajstić information content (AvgIpc) is 2.47. The average molecular weight is 280 g/mol. The summed E-state index contributed by atoms with van der Waals surface area (Å²) >= 11 is 0. The van der Waals surface area contributed by atoms with Crippen molar-refractivity contribution in [1.82, 2.24) is 10.2 Å². The second-order valence-electron chi connectivity index (χ2n) is 6.83. The van der Waals surface area contributed by atoms with E-state index in [9.17, 15) is 4.79 Å². The summed E-state index contributed by atoms with van der Waals surface area (Å²) in [4.78, 5) is 14.1. The van der Waals surface area contributed by atoms with Crippen LogP contribution in [0.25, 0.3) is 0 Å². The van der Waals surface area contributed by atoms with E-state index >= 15 is 0 Å². The molecule has 1 atom stereocenters. The van der Waals surface area contributed by atoms with Crippen molar-refractivity contribution in [2.24, 2.45) is 17.8 Å². The van der Waals surface area contributed by atoms with Crippen molar-refractivity contribution in [2.45, 2.75) is 44.6 Å². The number of ether oxygens (including phenoxy) is 1. The Hall–Kier alpha value is -0.610. The van der Waals surface area contributed by atoms with Crippen LogP contribution in [0.1, 0.15) is 38.5 Å². The van der Waals surface area contributed by atoms with Gasteiger partial charge >= 0.3 is 5.97 Å². The lowest BCUT2D eigenvalue weighted by Gasteiger charge is -2.47. The molecule has 20 heavy (non-hydrogen) atoms. The van der Waals surface area contributed by atoms with Crippen molar-refractivity contribution in [2.75, 3.05) is 33.3 Å². The Balaban J connectivity index is 1.48. The second kappa shape index (κ2) is 6.44. The highest BCUT2D eigenvalue weighted by Crippen LogP contribution is 2.37. The Bertz CT molecular complexity index is 335. The number of carbonyl (C=O) groups excluding carboxylic acids is 1. The number of hydrogen-bond donors (Lipinski definition) is 1. The largest absolute Gasteiger partial charge is 0.469 e. The van der Waals surface area contributed by atoms with Crippen LogP contribution in [-0.4, -0.2) is 50.2 Å². The molecule has 3 aliphatic rings. The molecule has 0 bridgehead atoms. The zero-order chi connectivity index (χ0) is 13.9. The van der Waals surface area contributed by atoms with E-state index < -0.39 is 0 Å². The van der Waals surface area contributed by atoms with Crippen LogP contribution in [0.3, 0.4) is 0 Å². The SMILES string of the molecule is COC(=O)C1CC(N2CCCC(C3CCNCC3)C2)C1. The lowest BCUT2D eigenvalue weighted by molar-refractivity contribution is -0.151. The van der Waals surface area contributed by atoms with Gasteiger partial charge in [0.05, 0.1) is 13.0 Å². The molecule has 3 rings (SSSR count). The molecule has 1 saturated carbocycles. The molecule has 0 amide bonds. The minimum Gasteiger partial charge on any atom is -0.469 e. The number of rotatable bonds is 3. The highest BCUT2D eigenvalue weighted by Gasteiger charge is 2.40. The maximum atomic E-state index is 11.5. The van der Waals surface area contributed by atoms with Crippen LogP contribution in [0.4, 0.5) is 0 Å². The van der Waals surface area contributed by atoms with Gasteiger partial charge in [0.1, 0.15) is 0 Å². The molecule has 4 nitrogen and oxygen atoms in total. The molecule has 2 heterocycles. The fraction of sp³-hybridized carbons (Fsp3) is 0.938. The Morgan fingerprint density at radius 2 is 1.90 bits per heavy atom. The number of esters is 1. The van der Waals surface area contributed by atoms with Crippen molar-refractivity contribution >= 4 is 5.97 Å². The zero-order valence-electron chi connectivity index (χ0n) is 12.6. The second-order valence-corrected chi connectivity index (χ2v) is 6.83. The molecule has 3 fully saturated rings. The monoisotopic (exact) mass is 280 g/mol. The zero-order valence-corrected chi connectivity index (χ0v) is 12.6. The van der Waals surface area contributed by atoms with Crippen LogP contribution < -0.4 is 5.32 Å². The first-order valence-corrected chi connectivity index (χ1v) is 8.30. The van der Waals surface area contributed by atoms with Gasteiger partial charge in [-0.3, -0.25) is 4.79 Å². The molecule has 0 spiro atoms. The van der Waals surface area contributed by atoms with E-state index in [1.807, 2.05) is 0 Å². The Morgan fingerprint density at radius 3 is 2.60 bits per heavy atom. The Kier molecular flexibility index (Phi) is 4.61. The van der Waals surface area contributed by atoms with Crippen molar-refractivity contribution in [3.8, 4) is 0 Å². The van der Waals surface area contributed by atoms with Crippen molar-refractivity contribution < 1.29 is 9.53 Å². The molecule has 1 unspecified atom stereocenters. The van der Waals surface area contributed by atoms with Gasteiger partial charge in [0.2, 0.25) is 0 Å². The van der Waals surface area contributed by atoms with Gasteiger partial charge in [0.25, 0.3) is 0 Å². The molecule has 1 aliphatic carbocycles. The number of methoxy groups -OCH3 is 1. The van der Waals surface area contributed by atoms with Gasteiger partial charge in [-0.05, 0) is 70.0 Å². The highest BCUT2D eigenvalue weighted by atomic mass is 16.5. The molecular formula is C16H28N2O2. The normalized spacial score (nSPS) is 36.4. The fourth-order valence-electron chi connectivity index (χ4n) is 4.32. The predicted octanol–water partition coefficient (Wildman–Crippen LogP) is 1.65. The van der Waals surface area contributed by atoms with Crippen LogP contribution in [-0.2, 0) is 9.53 Å². The van der Waals surface area contributed by atoms with E-state index in [2.05, 4.69) is 10.2 Å². The van der Waals surface area contributed by atoms with E-state index in [1.165, 1.54) is 59.0 Å². The fourth-order valence-corrected chi connectivity index (χ4v) is 4.32. The van der Waals surface area contributed by atoms with Crippen LogP contribution in [0.5, 0.6) is 0 Å². The predicted molar refractivity (Wildman–Crippen MR) is 78.4 cm³/mol. The van der Waals surface area contributed by atoms with E-state index in [4.69, 9.17) is 4.74 Å². The quantitative estimate of drug-likeness (QED) is 0.798. The molecule has 0 aromatic rings. The molecule has 1 N–H and O–H groups in total. The molecule has 2 aliphatic heterocycles. The van der Waals surface area contributed by atoms with Crippen LogP contribution >= 0.6 is 0 Å². The smallest absolute Gasteiger partial charge is 0.308 e. The van der Waals surface area contributed by atoms with Crippen LogP contribution in [0.15, 0.2) is 0 Å². The summed E-state index contributed by atoms with van der Waals surface area (Å²) in [6.07, 6.45) is 7.50. The van der Waals surface area contributed by atoms with Gasteiger partial charge in [-0.25, -0.2) is 0 Å². The molecular weight excluding hydrogens is 252 g/mol. The van der Waals surface area contributed by atoms with Gasteiger partial charge in [0.15, 0.2) is 0 Å². The van der Waals surface area contributed by atoms with E-state index in [1.54, 1.807) is 0 Å². The first-order valence-electron chi connectivity index (χ1n) is 8.30. The molecule has 114 valence electrons. The maximum absolute atomic E-state index is 11.5. The third kappa shape index (κ3) is 3.01. The van der Waals surface area contributed by atoms with Gasteiger partial charge in [-0.1, -0.05) is 0 Å². The van der Waals surface area contributed by atoms with Gasteiger partial charge in [-0.2, -0.15) is 0 Å². The standard InChI is InChI=1S/C16H28N2O2/c1-20-16(19)14-9-15(10-14)18-8-2-3-13(11-18)12-4-6-17-7-5-12/h12-15,17H,2-11H2,1H3. The maximum Gasteiger partial charge on any atom is 0.308 e. The topological polar surface area (TPSA) is 41.6 Å². The molecule has 4 heteroatoms. The summed E-state index contributed by atoms with van der Waals surface area (Å²) < 4.78 is 4.84. The third-order valence-electron chi connectivity index (χ3n) is 5.70. The molecule has 0 aromatic carbocycles. The molecule has 0 radical (unpaired) electrons. The number of nitrogens with zero attached hydrogens (tertiary/aromatic N) is 1. The summed E-state index contributed by atoms with van der Waals surface area (Å²) in [5.41, 5.74) is 0. The third-order valence-corrected chi connectivity index (χ3v) is 5.70. The number of hydrogen-bond acceptors (Lipinski definition) is 4. The first-order chi connectivity index (χ1) is 9.78. The minimum atomic E-state index is -0.00633. The van der Waals surface area contributed by atoms with Gasteiger partial charge < -0.3 is 15.0 Å². The number of nitrogens with one attached hydrogen (secondary N) is 1. The van der Waals surface area contributed by atoms with E-state index in [0.29, 0.717) is 6.04 Å². The number of likely N-dealkylation sites (tertiary alicyclic amines) is 1. The van der Waals surface area contributed by atoms with Gasteiger partial charge in [0, 0.05) is 12.6 Å². The highest BCUT2D eigenvalue weighted by molar-refractivity contribution is 5.73. The Labute approximate surface area is 122 Å². The van der Waals surface area contributed by atoms with Crippen molar-refractivity contribution in [1.29, 1.82) is 0 Å². The summed E-state index contributed by atoms with van der Waals surface area (Å²) in [5.74, 6) is 1.98. The van der Waals surface area contributed by atoms with Gasteiger partial charge in [-0.15, -0.1) is 0 Å². The van der Waals surface area contributed by atoms with Crippen molar-refractivity contribution in [3.05, 3.63) is 0 Å². The Morgan fingerprint density at radius 1 is 1.15 bits per heavy atom.